The van der Waals surface area contributed by atoms with Gasteiger partial charge in [0, 0.05) is 12.7 Å². The van der Waals surface area contributed by atoms with E-state index in [1.54, 1.807) is 6.20 Å². The minimum atomic E-state index is 0.0428. The molecule has 4 N–H and O–H groups in total. The van der Waals surface area contributed by atoms with E-state index in [0.29, 0.717) is 5.69 Å². The number of unbranched alkanes of at least 4 members (excludes halogenated alkanes) is 1. The molecule has 0 aliphatic heterocycles. The maximum atomic E-state index is 8.65. The van der Waals surface area contributed by atoms with Crippen LogP contribution in [-0.4, -0.2) is 22.6 Å². The van der Waals surface area contributed by atoms with Crippen molar-refractivity contribution < 1.29 is 5.21 Å². The molecule has 112 valence electrons. The van der Waals surface area contributed by atoms with Crippen LogP contribution in [0.4, 0.5) is 0 Å². The van der Waals surface area contributed by atoms with E-state index in [1.165, 1.54) is 25.7 Å². The summed E-state index contributed by atoms with van der Waals surface area (Å²) in [6.45, 7) is 6.27. The summed E-state index contributed by atoms with van der Waals surface area (Å²) in [4.78, 5) is 4.07. The Labute approximate surface area is 121 Å². The van der Waals surface area contributed by atoms with Gasteiger partial charge in [0.05, 0.1) is 0 Å². The number of nitrogens with zero attached hydrogens (tertiary/aromatic N) is 2. The van der Waals surface area contributed by atoms with E-state index in [1.807, 2.05) is 12.1 Å². The minimum absolute atomic E-state index is 0.0428. The lowest BCUT2D eigenvalue weighted by molar-refractivity contribution is 0.318. The predicted molar refractivity (Wildman–Crippen MR) is 81.8 cm³/mol. The van der Waals surface area contributed by atoms with Crippen molar-refractivity contribution in [2.45, 2.75) is 46.1 Å². The van der Waals surface area contributed by atoms with Crippen LogP contribution < -0.4 is 11.1 Å². The molecule has 1 atom stereocenters. The number of nitrogens with one attached hydrogen (secondary N) is 1. The number of oxime groups is 1. The maximum Gasteiger partial charge on any atom is 0.188 e. The molecule has 5 heteroatoms. The molecule has 1 aromatic heterocycles. The van der Waals surface area contributed by atoms with E-state index in [4.69, 9.17) is 10.9 Å². The number of amidine groups is 1. The van der Waals surface area contributed by atoms with Gasteiger partial charge in [0.15, 0.2) is 5.84 Å². The van der Waals surface area contributed by atoms with E-state index in [0.717, 1.165) is 24.6 Å². The Kier molecular flexibility index (Phi) is 7.65. The third-order valence-electron chi connectivity index (χ3n) is 3.50. The number of hydrogen-bond donors (Lipinski definition) is 3. The van der Waals surface area contributed by atoms with Crippen LogP contribution in [0.25, 0.3) is 0 Å². The number of pyridine rings is 1. The van der Waals surface area contributed by atoms with Gasteiger partial charge in [-0.3, -0.25) is 4.98 Å². The summed E-state index contributed by atoms with van der Waals surface area (Å²) in [5, 5.41) is 15.1. The van der Waals surface area contributed by atoms with Gasteiger partial charge in [-0.05, 0) is 36.6 Å². The molecule has 0 saturated carbocycles. The SMILES string of the molecule is CCCCC(CC)CNCc1ccnc(/C(N)=N/O)c1. The third kappa shape index (κ3) is 5.57. The molecule has 1 aromatic rings. The smallest absolute Gasteiger partial charge is 0.188 e. The van der Waals surface area contributed by atoms with Crippen molar-refractivity contribution in [3.05, 3.63) is 29.6 Å². The second kappa shape index (κ2) is 9.31. The highest BCUT2D eigenvalue weighted by Gasteiger charge is 2.06. The van der Waals surface area contributed by atoms with Crippen LogP contribution in [-0.2, 0) is 6.54 Å². The Bertz CT molecular complexity index is 420. The Morgan fingerprint density at radius 3 is 2.95 bits per heavy atom. The summed E-state index contributed by atoms with van der Waals surface area (Å²) in [6.07, 6.45) is 6.72. The molecule has 1 rings (SSSR count). The van der Waals surface area contributed by atoms with Gasteiger partial charge in [0.2, 0.25) is 0 Å². The average Bonchev–Trinajstić information content (AvgIpc) is 2.50. The van der Waals surface area contributed by atoms with Gasteiger partial charge in [0.25, 0.3) is 0 Å². The van der Waals surface area contributed by atoms with Gasteiger partial charge in [-0.1, -0.05) is 38.3 Å². The summed E-state index contributed by atoms with van der Waals surface area (Å²) in [5.74, 6) is 0.779. The lowest BCUT2D eigenvalue weighted by Gasteiger charge is -2.15. The molecule has 0 amide bonds. The summed E-state index contributed by atoms with van der Waals surface area (Å²) >= 11 is 0. The fourth-order valence-electron chi connectivity index (χ4n) is 2.14. The van der Waals surface area contributed by atoms with Crippen molar-refractivity contribution >= 4 is 5.84 Å². The summed E-state index contributed by atoms with van der Waals surface area (Å²) in [7, 11) is 0. The molecule has 5 nitrogen and oxygen atoms in total. The highest BCUT2D eigenvalue weighted by molar-refractivity contribution is 5.95. The van der Waals surface area contributed by atoms with Crippen LogP contribution >= 0.6 is 0 Å². The highest BCUT2D eigenvalue weighted by atomic mass is 16.4. The number of rotatable bonds is 9. The van der Waals surface area contributed by atoms with Crippen LogP contribution in [0.3, 0.4) is 0 Å². The second-order valence-electron chi connectivity index (χ2n) is 5.08. The zero-order chi connectivity index (χ0) is 14.8. The quantitative estimate of drug-likeness (QED) is 0.280. The molecule has 0 saturated heterocycles. The van der Waals surface area contributed by atoms with Crippen LogP contribution in [0, 0.1) is 5.92 Å². The van der Waals surface area contributed by atoms with Gasteiger partial charge >= 0.3 is 0 Å². The first kappa shape index (κ1) is 16.4. The molecule has 0 bridgehead atoms. The third-order valence-corrected chi connectivity index (χ3v) is 3.50. The average molecular weight is 278 g/mol. The zero-order valence-corrected chi connectivity index (χ0v) is 12.5. The predicted octanol–water partition coefficient (Wildman–Crippen LogP) is 2.48. The molecule has 20 heavy (non-hydrogen) atoms. The van der Waals surface area contributed by atoms with Crippen molar-refractivity contribution in [3.8, 4) is 0 Å². The van der Waals surface area contributed by atoms with Crippen molar-refractivity contribution in [3.63, 3.8) is 0 Å². The van der Waals surface area contributed by atoms with Crippen LogP contribution in [0.15, 0.2) is 23.5 Å². The molecule has 1 unspecified atom stereocenters. The summed E-state index contributed by atoms with van der Waals surface area (Å²) < 4.78 is 0. The van der Waals surface area contributed by atoms with Crippen molar-refractivity contribution in [2.75, 3.05) is 6.54 Å². The standard InChI is InChI=1S/C15H26N4O/c1-3-5-6-12(4-2)10-17-11-13-7-8-18-14(9-13)15(16)19-20/h7-9,12,17,20H,3-6,10-11H2,1-2H3,(H2,16,19). The Morgan fingerprint density at radius 1 is 1.50 bits per heavy atom. The molecule has 0 fully saturated rings. The number of hydrogen-bond acceptors (Lipinski definition) is 4. The monoisotopic (exact) mass is 278 g/mol. The van der Waals surface area contributed by atoms with E-state index in [-0.39, 0.29) is 5.84 Å². The topological polar surface area (TPSA) is 83.5 Å². The first-order valence-corrected chi connectivity index (χ1v) is 7.34. The molecule has 0 aliphatic rings. The number of nitrogens with two attached hydrogens (primary N) is 1. The van der Waals surface area contributed by atoms with Gasteiger partial charge in [-0.2, -0.15) is 0 Å². The van der Waals surface area contributed by atoms with E-state index in [2.05, 4.69) is 29.3 Å². The molecular formula is C15H26N4O. The van der Waals surface area contributed by atoms with Crippen molar-refractivity contribution in [2.24, 2.45) is 16.8 Å². The second-order valence-corrected chi connectivity index (χ2v) is 5.08. The van der Waals surface area contributed by atoms with Crippen LogP contribution in [0.2, 0.25) is 0 Å². The van der Waals surface area contributed by atoms with E-state index < -0.39 is 0 Å². The Hall–Kier alpha value is -1.62. The fourth-order valence-corrected chi connectivity index (χ4v) is 2.14. The minimum Gasteiger partial charge on any atom is -0.409 e. The number of aromatic nitrogens is 1. The van der Waals surface area contributed by atoms with Gasteiger partial charge < -0.3 is 16.3 Å². The molecule has 0 aliphatic carbocycles. The first-order chi connectivity index (χ1) is 9.71. The normalized spacial score (nSPS) is 13.4. The molecular weight excluding hydrogens is 252 g/mol. The lowest BCUT2D eigenvalue weighted by atomic mass is 9.99. The molecule has 0 radical (unpaired) electrons. The van der Waals surface area contributed by atoms with E-state index >= 15 is 0 Å². The largest absolute Gasteiger partial charge is 0.409 e. The van der Waals surface area contributed by atoms with Gasteiger partial charge in [-0.15, -0.1) is 0 Å². The maximum absolute atomic E-state index is 8.65. The molecule has 0 aromatic carbocycles. The first-order valence-electron chi connectivity index (χ1n) is 7.34. The van der Waals surface area contributed by atoms with Crippen molar-refractivity contribution in [1.82, 2.24) is 10.3 Å². The van der Waals surface area contributed by atoms with Crippen LogP contribution in [0.5, 0.6) is 0 Å². The fraction of sp³-hybridized carbons (Fsp3) is 0.600. The van der Waals surface area contributed by atoms with Crippen molar-refractivity contribution in [1.29, 1.82) is 0 Å². The molecule has 1 heterocycles. The van der Waals surface area contributed by atoms with Gasteiger partial charge in [-0.25, -0.2) is 0 Å². The summed E-state index contributed by atoms with van der Waals surface area (Å²) in [6, 6.07) is 3.78. The van der Waals surface area contributed by atoms with E-state index in [9.17, 15) is 0 Å². The summed E-state index contributed by atoms with van der Waals surface area (Å²) in [5.41, 5.74) is 7.13. The van der Waals surface area contributed by atoms with Crippen LogP contribution in [0.1, 0.15) is 50.8 Å². The molecule has 0 spiro atoms. The lowest BCUT2D eigenvalue weighted by Crippen LogP contribution is -2.22. The zero-order valence-electron chi connectivity index (χ0n) is 12.5. The Morgan fingerprint density at radius 2 is 2.30 bits per heavy atom. The highest BCUT2D eigenvalue weighted by Crippen LogP contribution is 2.11. The van der Waals surface area contributed by atoms with Gasteiger partial charge in [0.1, 0.15) is 5.69 Å². The Balaban J connectivity index is 2.45.